The molecule has 0 bridgehead atoms. The van der Waals surface area contributed by atoms with E-state index < -0.39 is 5.79 Å². The zero-order chi connectivity index (χ0) is 11.6. The Morgan fingerprint density at radius 3 is 3.06 bits per heavy atom. The monoisotopic (exact) mass is 225 g/mol. The van der Waals surface area contributed by atoms with Gasteiger partial charge in [-0.25, -0.2) is 0 Å². The molecular weight excluding hydrogens is 210 g/mol. The Kier molecular flexibility index (Phi) is 2.93. The van der Waals surface area contributed by atoms with Crippen LogP contribution in [0.25, 0.3) is 0 Å². The molecule has 0 aromatic carbocycles. The zero-order valence-corrected chi connectivity index (χ0v) is 9.34. The highest BCUT2D eigenvalue weighted by atomic mass is 16.7. The van der Waals surface area contributed by atoms with E-state index >= 15 is 0 Å². The fourth-order valence-electron chi connectivity index (χ4n) is 1.46. The molecule has 2 rings (SSSR count). The van der Waals surface area contributed by atoms with Gasteiger partial charge in [-0.3, -0.25) is 0 Å². The van der Waals surface area contributed by atoms with Crippen LogP contribution in [0.4, 0.5) is 5.69 Å². The summed E-state index contributed by atoms with van der Waals surface area (Å²) >= 11 is 0. The van der Waals surface area contributed by atoms with Gasteiger partial charge in [0.2, 0.25) is 5.88 Å². The molecule has 1 fully saturated rings. The molecule has 6 heteroatoms. The van der Waals surface area contributed by atoms with Crippen molar-refractivity contribution in [3.8, 4) is 5.88 Å². The summed E-state index contributed by atoms with van der Waals surface area (Å²) in [5, 5.41) is 7.47. The molecule has 1 atom stereocenters. The topological polar surface area (TPSA) is 79.5 Å². The number of ether oxygens (including phenoxy) is 3. The van der Waals surface area contributed by atoms with Crippen molar-refractivity contribution < 1.29 is 14.2 Å². The van der Waals surface area contributed by atoms with Gasteiger partial charge in [0.05, 0.1) is 18.5 Å². The fraction of sp³-hybridized carbons (Fsp3) is 0.600. The van der Waals surface area contributed by atoms with Crippen molar-refractivity contribution in [3.05, 3.63) is 12.3 Å². The molecule has 2 heterocycles. The van der Waals surface area contributed by atoms with Crippen LogP contribution in [-0.4, -0.2) is 35.3 Å². The third-order valence-corrected chi connectivity index (χ3v) is 2.14. The summed E-state index contributed by atoms with van der Waals surface area (Å²) in [5.74, 6) is -0.136. The van der Waals surface area contributed by atoms with Gasteiger partial charge in [-0.1, -0.05) is 0 Å². The SMILES string of the molecule is CC1(C)OCC(COc2cc(N)cnn2)O1. The highest BCUT2D eigenvalue weighted by molar-refractivity contribution is 5.36. The van der Waals surface area contributed by atoms with Crippen LogP contribution in [0, 0.1) is 0 Å². The quantitative estimate of drug-likeness (QED) is 0.811. The molecule has 16 heavy (non-hydrogen) atoms. The first-order chi connectivity index (χ1) is 7.55. The van der Waals surface area contributed by atoms with E-state index in [0.29, 0.717) is 24.8 Å². The normalized spacial score (nSPS) is 23.2. The smallest absolute Gasteiger partial charge is 0.235 e. The molecule has 1 aromatic rings. The molecule has 0 amide bonds. The van der Waals surface area contributed by atoms with Crippen molar-refractivity contribution in [1.82, 2.24) is 10.2 Å². The Labute approximate surface area is 93.7 Å². The molecule has 1 saturated heterocycles. The molecule has 0 saturated carbocycles. The lowest BCUT2D eigenvalue weighted by atomic mass is 10.4. The molecular formula is C10H15N3O3. The van der Waals surface area contributed by atoms with Crippen LogP contribution in [0.1, 0.15) is 13.8 Å². The number of aromatic nitrogens is 2. The predicted octanol–water partition coefficient (Wildman–Crippen LogP) is 0.589. The van der Waals surface area contributed by atoms with Gasteiger partial charge in [0.15, 0.2) is 5.79 Å². The standard InChI is InChI=1S/C10H15N3O3/c1-10(2)15-6-8(16-10)5-14-9-3-7(11)4-12-13-9/h3-4,8H,5-6H2,1-2H3,(H2,11,13). The van der Waals surface area contributed by atoms with E-state index in [1.165, 1.54) is 6.20 Å². The lowest BCUT2D eigenvalue weighted by molar-refractivity contribution is -0.141. The van der Waals surface area contributed by atoms with Gasteiger partial charge in [0, 0.05) is 6.07 Å². The number of nitrogens with zero attached hydrogens (tertiary/aromatic N) is 2. The minimum Gasteiger partial charge on any atom is -0.474 e. The van der Waals surface area contributed by atoms with Gasteiger partial charge in [0.25, 0.3) is 0 Å². The Morgan fingerprint density at radius 1 is 1.62 bits per heavy atom. The molecule has 1 unspecified atom stereocenters. The Morgan fingerprint density at radius 2 is 2.44 bits per heavy atom. The summed E-state index contributed by atoms with van der Waals surface area (Å²) < 4.78 is 16.4. The van der Waals surface area contributed by atoms with Crippen molar-refractivity contribution in [2.45, 2.75) is 25.7 Å². The van der Waals surface area contributed by atoms with E-state index in [1.807, 2.05) is 13.8 Å². The van der Waals surface area contributed by atoms with Crippen molar-refractivity contribution in [2.24, 2.45) is 0 Å². The molecule has 2 N–H and O–H groups in total. The molecule has 6 nitrogen and oxygen atoms in total. The molecule has 0 spiro atoms. The maximum absolute atomic E-state index is 5.57. The van der Waals surface area contributed by atoms with Gasteiger partial charge in [-0.2, -0.15) is 5.10 Å². The minimum atomic E-state index is -0.532. The van der Waals surface area contributed by atoms with Gasteiger partial charge < -0.3 is 19.9 Å². The van der Waals surface area contributed by atoms with Crippen LogP contribution in [-0.2, 0) is 9.47 Å². The van der Waals surface area contributed by atoms with Gasteiger partial charge in [-0.05, 0) is 13.8 Å². The lowest BCUT2D eigenvalue weighted by Crippen LogP contribution is -2.25. The summed E-state index contributed by atoms with van der Waals surface area (Å²) in [4.78, 5) is 0. The third kappa shape index (κ3) is 2.80. The first kappa shape index (κ1) is 11.1. The molecule has 88 valence electrons. The van der Waals surface area contributed by atoms with Crippen LogP contribution < -0.4 is 10.5 Å². The van der Waals surface area contributed by atoms with Crippen molar-refractivity contribution in [3.63, 3.8) is 0 Å². The molecule has 1 aromatic heterocycles. The second-order valence-corrected chi connectivity index (χ2v) is 4.09. The first-order valence-electron chi connectivity index (χ1n) is 5.08. The molecule has 1 aliphatic rings. The van der Waals surface area contributed by atoms with Gasteiger partial charge >= 0.3 is 0 Å². The first-order valence-corrected chi connectivity index (χ1v) is 5.08. The lowest BCUT2D eigenvalue weighted by Gasteiger charge is -2.17. The van der Waals surface area contributed by atoms with E-state index in [0.717, 1.165) is 0 Å². The summed E-state index contributed by atoms with van der Waals surface area (Å²) in [6.07, 6.45) is 1.38. The van der Waals surface area contributed by atoms with Crippen LogP contribution in [0.3, 0.4) is 0 Å². The van der Waals surface area contributed by atoms with E-state index in [1.54, 1.807) is 6.07 Å². The van der Waals surface area contributed by atoms with E-state index in [-0.39, 0.29) is 6.10 Å². The average molecular weight is 225 g/mol. The van der Waals surface area contributed by atoms with E-state index in [2.05, 4.69) is 10.2 Å². The number of hydrogen-bond acceptors (Lipinski definition) is 6. The number of rotatable bonds is 3. The van der Waals surface area contributed by atoms with Crippen LogP contribution in [0.2, 0.25) is 0 Å². The van der Waals surface area contributed by atoms with Crippen molar-refractivity contribution in [2.75, 3.05) is 18.9 Å². The van der Waals surface area contributed by atoms with Crippen molar-refractivity contribution in [1.29, 1.82) is 0 Å². The van der Waals surface area contributed by atoms with E-state index in [9.17, 15) is 0 Å². The highest BCUT2D eigenvalue weighted by Gasteiger charge is 2.32. The Bertz CT molecular complexity index is 370. The van der Waals surface area contributed by atoms with Crippen LogP contribution in [0.5, 0.6) is 5.88 Å². The summed E-state index contributed by atoms with van der Waals surface area (Å²) in [7, 11) is 0. The number of nitrogen functional groups attached to an aromatic ring is 1. The third-order valence-electron chi connectivity index (χ3n) is 2.14. The van der Waals surface area contributed by atoms with Crippen LogP contribution in [0.15, 0.2) is 12.3 Å². The van der Waals surface area contributed by atoms with Gasteiger partial charge in [0.1, 0.15) is 12.7 Å². The average Bonchev–Trinajstić information content (AvgIpc) is 2.56. The Balaban J connectivity index is 1.84. The number of anilines is 1. The number of hydrogen-bond donors (Lipinski definition) is 1. The predicted molar refractivity (Wildman–Crippen MR) is 56.8 cm³/mol. The number of nitrogens with two attached hydrogens (primary N) is 1. The zero-order valence-electron chi connectivity index (χ0n) is 9.34. The second-order valence-electron chi connectivity index (χ2n) is 4.09. The maximum atomic E-state index is 5.57. The fourth-order valence-corrected chi connectivity index (χ4v) is 1.46. The van der Waals surface area contributed by atoms with E-state index in [4.69, 9.17) is 19.9 Å². The minimum absolute atomic E-state index is 0.0850. The van der Waals surface area contributed by atoms with Gasteiger partial charge in [-0.15, -0.1) is 5.10 Å². The van der Waals surface area contributed by atoms with Crippen LogP contribution >= 0.6 is 0 Å². The second kappa shape index (κ2) is 4.23. The summed E-state index contributed by atoms with van der Waals surface area (Å²) in [5.41, 5.74) is 6.07. The highest BCUT2D eigenvalue weighted by Crippen LogP contribution is 2.22. The Hall–Kier alpha value is -1.40. The summed E-state index contributed by atoms with van der Waals surface area (Å²) in [6, 6.07) is 1.62. The maximum Gasteiger partial charge on any atom is 0.235 e. The van der Waals surface area contributed by atoms with Crippen molar-refractivity contribution >= 4 is 5.69 Å². The largest absolute Gasteiger partial charge is 0.474 e. The molecule has 0 radical (unpaired) electrons. The molecule has 1 aliphatic heterocycles. The summed E-state index contributed by atoms with van der Waals surface area (Å²) in [6.45, 7) is 4.63. The molecule has 0 aliphatic carbocycles.